The molecule has 0 saturated heterocycles. The number of nitrogens with one attached hydrogen (secondary N) is 2. The summed E-state index contributed by atoms with van der Waals surface area (Å²) in [7, 11) is 1.25. The first-order chi connectivity index (χ1) is 10.5. The van der Waals surface area contributed by atoms with E-state index >= 15 is 0 Å². The molecule has 116 valence electrons. The predicted molar refractivity (Wildman–Crippen MR) is 80.6 cm³/mol. The Bertz CT molecular complexity index is 675. The van der Waals surface area contributed by atoms with E-state index in [4.69, 9.17) is 0 Å². The molecule has 1 heterocycles. The number of hydrogen-bond donors (Lipinski definition) is 2. The lowest BCUT2D eigenvalue weighted by Gasteiger charge is -2.07. The first kappa shape index (κ1) is 15.5. The Morgan fingerprint density at radius 2 is 1.86 bits per heavy atom. The molecule has 8 nitrogen and oxygen atoms in total. The van der Waals surface area contributed by atoms with Crippen LogP contribution in [-0.4, -0.2) is 34.1 Å². The van der Waals surface area contributed by atoms with Crippen molar-refractivity contribution >= 4 is 23.5 Å². The first-order valence-corrected chi connectivity index (χ1v) is 6.59. The van der Waals surface area contributed by atoms with E-state index in [0.29, 0.717) is 0 Å². The zero-order valence-corrected chi connectivity index (χ0v) is 12.6. The van der Waals surface area contributed by atoms with Crippen LogP contribution in [0.2, 0.25) is 0 Å². The van der Waals surface area contributed by atoms with Crippen LogP contribution in [0.4, 0.5) is 16.3 Å². The molecule has 0 fully saturated rings. The maximum absolute atomic E-state index is 12.0. The molecule has 2 N–H and O–H groups in total. The van der Waals surface area contributed by atoms with Crippen molar-refractivity contribution in [3.8, 4) is 0 Å². The second kappa shape index (κ2) is 6.70. The van der Waals surface area contributed by atoms with Gasteiger partial charge in [0.15, 0.2) is 5.82 Å². The van der Waals surface area contributed by atoms with E-state index in [1.54, 1.807) is 0 Å². The molecule has 2 amide bonds. The zero-order valence-electron chi connectivity index (χ0n) is 12.6. The van der Waals surface area contributed by atoms with Crippen LogP contribution >= 0.6 is 0 Å². The van der Waals surface area contributed by atoms with Crippen LogP contribution in [0.3, 0.4) is 0 Å². The molecule has 1 aromatic carbocycles. The highest BCUT2D eigenvalue weighted by Gasteiger charge is 2.09. The lowest BCUT2D eigenvalue weighted by Crippen LogP contribution is -2.19. The molecule has 0 saturated carbocycles. The third-order valence-electron chi connectivity index (χ3n) is 2.77. The minimum atomic E-state index is -0.647. The summed E-state index contributed by atoms with van der Waals surface area (Å²) in [5.41, 5.74) is 2.87. The Hall–Kier alpha value is -2.90. The highest BCUT2D eigenvalue weighted by Crippen LogP contribution is 2.13. The number of aryl methyl sites for hydroxylation is 2. The van der Waals surface area contributed by atoms with Gasteiger partial charge in [0.25, 0.3) is 0 Å². The average Bonchev–Trinajstić information content (AvgIpc) is 2.84. The fourth-order valence-electron chi connectivity index (χ4n) is 1.98. The molecule has 22 heavy (non-hydrogen) atoms. The van der Waals surface area contributed by atoms with Crippen molar-refractivity contribution in [1.29, 1.82) is 0 Å². The van der Waals surface area contributed by atoms with Crippen LogP contribution in [-0.2, 0) is 16.1 Å². The van der Waals surface area contributed by atoms with Gasteiger partial charge in [-0.15, -0.1) is 5.10 Å². The summed E-state index contributed by atoms with van der Waals surface area (Å²) in [4.78, 5) is 23.0. The van der Waals surface area contributed by atoms with Crippen molar-refractivity contribution in [1.82, 2.24) is 15.0 Å². The van der Waals surface area contributed by atoms with E-state index < -0.39 is 6.09 Å². The van der Waals surface area contributed by atoms with Crippen molar-refractivity contribution < 1.29 is 14.3 Å². The largest absolute Gasteiger partial charge is 0.453 e. The van der Waals surface area contributed by atoms with E-state index in [-0.39, 0.29) is 18.3 Å². The molecule has 0 aliphatic heterocycles. The summed E-state index contributed by atoms with van der Waals surface area (Å²) >= 11 is 0. The minimum Gasteiger partial charge on any atom is -0.453 e. The number of methoxy groups -OCH3 is 1. The van der Waals surface area contributed by atoms with Crippen LogP contribution in [0.1, 0.15) is 11.1 Å². The van der Waals surface area contributed by atoms with Crippen molar-refractivity contribution in [2.24, 2.45) is 0 Å². The second-order valence-corrected chi connectivity index (χ2v) is 4.84. The average molecular weight is 303 g/mol. The van der Waals surface area contributed by atoms with E-state index in [0.717, 1.165) is 16.8 Å². The van der Waals surface area contributed by atoms with Gasteiger partial charge in [0.05, 0.1) is 13.3 Å². The number of aromatic nitrogens is 3. The van der Waals surface area contributed by atoms with Crippen molar-refractivity contribution in [2.75, 3.05) is 17.7 Å². The maximum Gasteiger partial charge on any atom is 0.412 e. The Morgan fingerprint density at radius 3 is 2.50 bits per heavy atom. The topological polar surface area (TPSA) is 98.1 Å². The molecule has 0 radical (unpaired) electrons. The van der Waals surface area contributed by atoms with Gasteiger partial charge in [-0.3, -0.25) is 10.1 Å². The van der Waals surface area contributed by atoms with Crippen LogP contribution in [0.25, 0.3) is 0 Å². The molecule has 0 atom stereocenters. The molecular weight excluding hydrogens is 286 g/mol. The number of anilines is 2. The summed E-state index contributed by atoms with van der Waals surface area (Å²) < 4.78 is 5.76. The van der Waals surface area contributed by atoms with Crippen molar-refractivity contribution in [3.05, 3.63) is 35.5 Å². The van der Waals surface area contributed by atoms with Crippen LogP contribution in [0, 0.1) is 13.8 Å². The molecule has 0 bridgehead atoms. The SMILES string of the molecule is COC(=O)Nc1cn(CC(=O)Nc2cc(C)cc(C)c2)nn1. The Kier molecular flexibility index (Phi) is 4.72. The molecule has 0 aliphatic carbocycles. The number of amides is 2. The Morgan fingerprint density at radius 1 is 1.18 bits per heavy atom. The molecule has 8 heteroatoms. The number of ether oxygens (including phenoxy) is 1. The molecule has 0 spiro atoms. The van der Waals surface area contributed by atoms with Crippen LogP contribution < -0.4 is 10.6 Å². The number of carbonyl (C=O) groups is 2. The van der Waals surface area contributed by atoms with Gasteiger partial charge in [-0.2, -0.15) is 0 Å². The molecule has 2 aromatic rings. The summed E-state index contributed by atoms with van der Waals surface area (Å²) in [6.45, 7) is 3.92. The quantitative estimate of drug-likeness (QED) is 0.896. The van der Waals surface area contributed by atoms with Gasteiger partial charge >= 0.3 is 6.09 Å². The number of rotatable bonds is 4. The maximum atomic E-state index is 12.0. The lowest BCUT2D eigenvalue weighted by molar-refractivity contribution is -0.116. The summed E-state index contributed by atoms with van der Waals surface area (Å²) in [6, 6.07) is 5.80. The van der Waals surface area contributed by atoms with Gasteiger partial charge < -0.3 is 10.1 Å². The van der Waals surface area contributed by atoms with Gasteiger partial charge in [0, 0.05) is 5.69 Å². The summed E-state index contributed by atoms with van der Waals surface area (Å²) in [5, 5.41) is 12.6. The fourth-order valence-corrected chi connectivity index (χ4v) is 1.98. The Balaban J connectivity index is 1.96. The van der Waals surface area contributed by atoms with E-state index in [1.807, 2.05) is 32.0 Å². The molecule has 0 aliphatic rings. The normalized spacial score (nSPS) is 10.1. The third kappa shape index (κ3) is 4.30. The number of nitrogens with zero attached hydrogens (tertiary/aromatic N) is 3. The first-order valence-electron chi connectivity index (χ1n) is 6.59. The Labute approximate surface area is 127 Å². The van der Waals surface area contributed by atoms with Gasteiger partial charge in [-0.1, -0.05) is 11.3 Å². The monoisotopic (exact) mass is 303 g/mol. The summed E-state index contributed by atoms with van der Waals surface area (Å²) in [5.74, 6) is -0.0226. The van der Waals surface area contributed by atoms with Gasteiger partial charge in [-0.25, -0.2) is 9.48 Å². The molecule has 0 unspecified atom stereocenters. The van der Waals surface area contributed by atoms with E-state index in [2.05, 4.69) is 25.7 Å². The van der Waals surface area contributed by atoms with Gasteiger partial charge in [0.2, 0.25) is 5.91 Å². The van der Waals surface area contributed by atoms with Gasteiger partial charge in [0.1, 0.15) is 6.54 Å². The molecular formula is C14H17N5O3. The van der Waals surface area contributed by atoms with Crippen LogP contribution in [0.5, 0.6) is 0 Å². The van der Waals surface area contributed by atoms with Crippen molar-refractivity contribution in [3.63, 3.8) is 0 Å². The van der Waals surface area contributed by atoms with Gasteiger partial charge in [-0.05, 0) is 37.1 Å². The van der Waals surface area contributed by atoms with Crippen molar-refractivity contribution in [2.45, 2.75) is 20.4 Å². The summed E-state index contributed by atoms with van der Waals surface area (Å²) in [6.07, 6.45) is 0.796. The predicted octanol–water partition coefficient (Wildman–Crippen LogP) is 1.71. The zero-order chi connectivity index (χ0) is 16.1. The standard InChI is InChI=1S/C14H17N5O3/c1-9-4-10(2)6-11(5-9)15-13(20)8-19-7-12(17-18-19)16-14(21)22-3/h4-7H,8H2,1-3H3,(H,15,20)(H,16,21). The number of hydrogen-bond acceptors (Lipinski definition) is 5. The van der Waals surface area contributed by atoms with E-state index in [9.17, 15) is 9.59 Å². The number of benzene rings is 1. The third-order valence-corrected chi connectivity index (χ3v) is 2.77. The molecule has 2 rings (SSSR count). The minimum absolute atomic E-state index is 0.0111. The molecule has 1 aromatic heterocycles. The lowest BCUT2D eigenvalue weighted by atomic mass is 10.1. The smallest absolute Gasteiger partial charge is 0.412 e. The fraction of sp³-hybridized carbons (Fsp3) is 0.286. The second-order valence-electron chi connectivity index (χ2n) is 4.84. The highest BCUT2D eigenvalue weighted by atomic mass is 16.5. The van der Waals surface area contributed by atoms with Crippen LogP contribution in [0.15, 0.2) is 24.4 Å². The number of carbonyl (C=O) groups excluding carboxylic acids is 2. The van der Waals surface area contributed by atoms with E-state index in [1.165, 1.54) is 18.0 Å². The highest BCUT2D eigenvalue weighted by molar-refractivity contribution is 5.90.